The van der Waals surface area contributed by atoms with Gasteiger partial charge in [-0.05, 0) is 51.2 Å². The molecule has 120 valence electrons. The van der Waals surface area contributed by atoms with Gasteiger partial charge in [-0.2, -0.15) is 0 Å². The van der Waals surface area contributed by atoms with Gasteiger partial charge in [-0.25, -0.2) is 0 Å². The van der Waals surface area contributed by atoms with Gasteiger partial charge in [-0.15, -0.1) is 0 Å². The molecular weight excluding hydrogens is 281 g/mol. The molecule has 1 aromatic rings. The van der Waals surface area contributed by atoms with Crippen LogP contribution < -0.4 is 5.46 Å². The highest BCUT2D eigenvalue weighted by Gasteiger charge is 2.34. The first-order valence-electron chi connectivity index (χ1n) is 7.75. The maximum atomic E-state index is 12.8. The quantitative estimate of drug-likeness (QED) is 0.807. The summed E-state index contributed by atoms with van der Waals surface area (Å²) in [4.78, 5) is 14.6. The average molecular weight is 305 g/mol. The molecule has 0 aromatic heterocycles. The Morgan fingerprint density at radius 3 is 2.77 bits per heavy atom. The molecule has 5 nitrogen and oxygen atoms in total. The monoisotopic (exact) mass is 305 g/mol. The Labute approximate surface area is 132 Å². The van der Waals surface area contributed by atoms with Crippen LogP contribution in [0.3, 0.4) is 0 Å². The van der Waals surface area contributed by atoms with E-state index in [2.05, 4.69) is 0 Å². The van der Waals surface area contributed by atoms with Gasteiger partial charge in [0, 0.05) is 24.8 Å². The molecule has 1 heterocycles. The molecule has 2 N–H and O–H groups in total. The van der Waals surface area contributed by atoms with Gasteiger partial charge in [0.15, 0.2) is 0 Å². The molecule has 0 aliphatic carbocycles. The summed E-state index contributed by atoms with van der Waals surface area (Å²) in [6.07, 6.45) is 1.63. The third-order valence-corrected chi connectivity index (χ3v) is 4.15. The van der Waals surface area contributed by atoms with E-state index in [9.17, 15) is 14.8 Å². The van der Waals surface area contributed by atoms with Gasteiger partial charge >= 0.3 is 7.12 Å². The fourth-order valence-electron chi connectivity index (χ4n) is 3.03. The van der Waals surface area contributed by atoms with E-state index in [4.69, 9.17) is 4.74 Å². The van der Waals surface area contributed by atoms with Crippen LogP contribution in [0.2, 0.25) is 0 Å². The Morgan fingerprint density at radius 2 is 2.18 bits per heavy atom. The van der Waals surface area contributed by atoms with E-state index < -0.39 is 7.12 Å². The Hall–Kier alpha value is -1.37. The zero-order valence-electron chi connectivity index (χ0n) is 13.5. The first-order chi connectivity index (χ1) is 10.3. The molecule has 1 aliphatic rings. The second-order valence-electron chi connectivity index (χ2n) is 6.35. The first-order valence-corrected chi connectivity index (χ1v) is 7.75. The number of rotatable bonds is 4. The van der Waals surface area contributed by atoms with E-state index in [1.165, 1.54) is 0 Å². The van der Waals surface area contributed by atoms with Crippen LogP contribution in [-0.4, -0.2) is 52.8 Å². The lowest BCUT2D eigenvalue weighted by atomic mass is 9.79. The fourth-order valence-corrected chi connectivity index (χ4v) is 3.03. The first kappa shape index (κ1) is 17.0. The van der Waals surface area contributed by atoms with Crippen LogP contribution in [0.5, 0.6) is 0 Å². The molecule has 1 aromatic carbocycles. The third kappa shape index (κ3) is 3.88. The summed E-state index contributed by atoms with van der Waals surface area (Å²) in [6.45, 7) is 7.31. The Morgan fingerprint density at radius 1 is 1.45 bits per heavy atom. The van der Waals surface area contributed by atoms with E-state index >= 15 is 0 Å². The minimum absolute atomic E-state index is 0.0762. The zero-order valence-corrected chi connectivity index (χ0v) is 13.5. The SMILES string of the molecule is CCN(C(=O)c1cccc(B(O)O)c1)C1CCOC(C)(C)C1. The molecule has 0 bridgehead atoms. The van der Waals surface area contributed by atoms with Crippen molar-refractivity contribution < 1.29 is 19.6 Å². The molecule has 2 rings (SSSR count). The number of carbonyl (C=O) groups excluding carboxylic acids is 1. The van der Waals surface area contributed by atoms with Crippen molar-refractivity contribution in [1.82, 2.24) is 4.90 Å². The predicted octanol–water partition coefficient (Wildman–Crippen LogP) is 0.786. The van der Waals surface area contributed by atoms with Gasteiger partial charge in [-0.3, -0.25) is 4.79 Å². The summed E-state index contributed by atoms with van der Waals surface area (Å²) in [7, 11) is -1.56. The second-order valence-corrected chi connectivity index (χ2v) is 6.35. The van der Waals surface area contributed by atoms with Crippen molar-refractivity contribution in [3.8, 4) is 0 Å². The van der Waals surface area contributed by atoms with Crippen molar-refractivity contribution >= 4 is 18.5 Å². The summed E-state index contributed by atoms with van der Waals surface area (Å²) < 4.78 is 5.72. The van der Waals surface area contributed by atoms with Crippen LogP contribution >= 0.6 is 0 Å². The maximum absolute atomic E-state index is 12.8. The van der Waals surface area contributed by atoms with Crippen molar-refractivity contribution in [3.05, 3.63) is 29.8 Å². The van der Waals surface area contributed by atoms with Gasteiger partial charge in [0.2, 0.25) is 0 Å². The molecule has 22 heavy (non-hydrogen) atoms. The maximum Gasteiger partial charge on any atom is 0.488 e. The van der Waals surface area contributed by atoms with Crippen molar-refractivity contribution in [2.45, 2.75) is 45.3 Å². The number of nitrogens with zero attached hydrogens (tertiary/aromatic N) is 1. The van der Waals surface area contributed by atoms with Crippen molar-refractivity contribution in [1.29, 1.82) is 0 Å². The number of carbonyl (C=O) groups is 1. The van der Waals surface area contributed by atoms with Crippen molar-refractivity contribution in [3.63, 3.8) is 0 Å². The van der Waals surface area contributed by atoms with Crippen LogP contribution in [0, 0.1) is 0 Å². The molecule has 6 heteroatoms. The summed E-state index contributed by atoms with van der Waals surface area (Å²) in [5.74, 6) is -0.0762. The summed E-state index contributed by atoms with van der Waals surface area (Å²) in [6, 6.07) is 6.66. The van der Waals surface area contributed by atoms with Gasteiger partial charge in [0.05, 0.1) is 5.60 Å². The van der Waals surface area contributed by atoms with E-state index in [1.807, 2.05) is 25.7 Å². The topological polar surface area (TPSA) is 70.0 Å². The molecule has 1 saturated heterocycles. The third-order valence-electron chi connectivity index (χ3n) is 4.15. The van der Waals surface area contributed by atoms with Crippen LogP contribution in [0.15, 0.2) is 24.3 Å². The Kier molecular flexibility index (Phi) is 5.26. The number of hydrogen-bond donors (Lipinski definition) is 2. The normalized spacial score (nSPS) is 20.5. The summed E-state index contributed by atoms with van der Waals surface area (Å²) in [5, 5.41) is 18.5. The van der Waals surface area contributed by atoms with Gasteiger partial charge in [0.1, 0.15) is 0 Å². The standard InChI is InChI=1S/C16H24BNO4/c1-4-18(14-8-9-22-16(2,3)11-14)15(19)12-6-5-7-13(10-12)17(20)21/h5-7,10,14,20-21H,4,8-9,11H2,1-3H3. The molecule has 1 aliphatic heterocycles. The lowest BCUT2D eigenvalue weighted by molar-refractivity contribution is -0.0777. The van der Waals surface area contributed by atoms with Crippen molar-refractivity contribution in [2.24, 2.45) is 0 Å². The number of ether oxygens (including phenoxy) is 1. The molecule has 1 atom stereocenters. The lowest BCUT2D eigenvalue weighted by Gasteiger charge is -2.41. The zero-order chi connectivity index (χ0) is 16.3. The molecule has 0 radical (unpaired) electrons. The Balaban J connectivity index is 2.20. The molecule has 1 amide bonds. The smallest absolute Gasteiger partial charge is 0.423 e. The highest BCUT2D eigenvalue weighted by molar-refractivity contribution is 6.58. The van der Waals surface area contributed by atoms with Gasteiger partial charge < -0.3 is 19.7 Å². The molecular formula is C16H24BNO4. The Bertz CT molecular complexity index is 533. The molecule has 0 spiro atoms. The van der Waals surface area contributed by atoms with Gasteiger partial charge in [0.25, 0.3) is 5.91 Å². The minimum atomic E-state index is -1.56. The largest absolute Gasteiger partial charge is 0.488 e. The highest BCUT2D eigenvalue weighted by atomic mass is 16.5. The van der Waals surface area contributed by atoms with E-state index in [1.54, 1.807) is 24.3 Å². The fraction of sp³-hybridized carbons (Fsp3) is 0.562. The summed E-state index contributed by atoms with van der Waals surface area (Å²) >= 11 is 0. The number of amides is 1. The average Bonchev–Trinajstić information content (AvgIpc) is 2.47. The van der Waals surface area contributed by atoms with E-state index in [0.717, 1.165) is 12.8 Å². The van der Waals surface area contributed by atoms with Crippen LogP contribution in [-0.2, 0) is 4.74 Å². The molecule has 0 saturated carbocycles. The molecule has 1 unspecified atom stereocenters. The molecule has 1 fully saturated rings. The summed E-state index contributed by atoms with van der Waals surface area (Å²) in [5.41, 5.74) is 0.589. The predicted molar refractivity (Wildman–Crippen MR) is 86.0 cm³/mol. The highest BCUT2D eigenvalue weighted by Crippen LogP contribution is 2.28. The van der Waals surface area contributed by atoms with E-state index in [-0.39, 0.29) is 17.6 Å². The number of benzene rings is 1. The van der Waals surface area contributed by atoms with Gasteiger partial charge in [-0.1, -0.05) is 12.1 Å². The number of hydrogen-bond acceptors (Lipinski definition) is 4. The minimum Gasteiger partial charge on any atom is -0.423 e. The van der Waals surface area contributed by atoms with Crippen molar-refractivity contribution in [2.75, 3.05) is 13.2 Å². The van der Waals surface area contributed by atoms with E-state index in [0.29, 0.717) is 24.2 Å². The lowest BCUT2D eigenvalue weighted by Crippen LogP contribution is -2.48. The van der Waals surface area contributed by atoms with Crippen LogP contribution in [0.4, 0.5) is 0 Å². The second kappa shape index (κ2) is 6.81. The van der Waals surface area contributed by atoms with Crippen LogP contribution in [0.1, 0.15) is 44.0 Å². The van der Waals surface area contributed by atoms with Crippen LogP contribution in [0.25, 0.3) is 0 Å².